The molecule has 1 aliphatic heterocycles. The lowest BCUT2D eigenvalue weighted by Gasteiger charge is -2.39. The van der Waals surface area contributed by atoms with Crippen LogP contribution in [0, 0.1) is 5.92 Å². The molecule has 3 N–H and O–H groups in total. The predicted octanol–water partition coefficient (Wildman–Crippen LogP) is 1.33. The number of rotatable bonds is 3. The van der Waals surface area contributed by atoms with E-state index in [4.69, 9.17) is 10.8 Å². The number of primary amides is 1. The number of nitrogens with zero attached hydrogens (tertiary/aromatic N) is 1. The van der Waals surface area contributed by atoms with E-state index < -0.39 is 29.5 Å². The van der Waals surface area contributed by atoms with Crippen molar-refractivity contribution in [2.75, 3.05) is 18.0 Å². The van der Waals surface area contributed by atoms with Crippen molar-refractivity contribution in [3.63, 3.8) is 0 Å². The van der Waals surface area contributed by atoms with Crippen LogP contribution in [-0.4, -0.2) is 30.1 Å². The van der Waals surface area contributed by atoms with Gasteiger partial charge in [-0.2, -0.15) is 13.2 Å². The number of aliphatic carboxylic acids is 1. The lowest BCUT2D eigenvalue weighted by Crippen LogP contribution is -2.51. The highest BCUT2D eigenvalue weighted by Gasteiger charge is 2.36. The first-order chi connectivity index (χ1) is 9.20. The van der Waals surface area contributed by atoms with Gasteiger partial charge in [0.15, 0.2) is 0 Å². The molecule has 0 radical (unpaired) electrons. The van der Waals surface area contributed by atoms with E-state index in [1.165, 1.54) is 4.90 Å². The number of carbonyl (C=O) groups is 2. The monoisotopic (exact) mass is 288 g/mol. The van der Waals surface area contributed by atoms with E-state index in [0.717, 1.165) is 12.1 Å². The molecule has 0 saturated carbocycles. The molecule has 1 aromatic carbocycles. The number of carboxylic acids is 1. The summed E-state index contributed by atoms with van der Waals surface area (Å²) in [5.41, 5.74) is 4.09. The van der Waals surface area contributed by atoms with Crippen molar-refractivity contribution in [3.8, 4) is 0 Å². The number of amides is 1. The molecular weight excluding hydrogens is 277 g/mol. The van der Waals surface area contributed by atoms with Gasteiger partial charge < -0.3 is 15.7 Å². The summed E-state index contributed by atoms with van der Waals surface area (Å²) in [5.74, 6) is -2.54. The SMILES string of the molecule is NC(=O)c1cc(C(F)(F)F)ccc1N1CC(C(=O)O)C1. The number of carbonyl (C=O) groups excluding carboxylic acids is 1. The van der Waals surface area contributed by atoms with Crippen molar-refractivity contribution in [2.45, 2.75) is 6.18 Å². The summed E-state index contributed by atoms with van der Waals surface area (Å²) in [6.07, 6.45) is -4.57. The number of benzene rings is 1. The number of alkyl halides is 3. The molecule has 1 heterocycles. The molecule has 0 unspecified atom stereocenters. The van der Waals surface area contributed by atoms with Crippen LogP contribution in [0.5, 0.6) is 0 Å². The van der Waals surface area contributed by atoms with Gasteiger partial charge in [-0.1, -0.05) is 0 Å². The standard InChI is InChI=1S/C12H11F3N2O3/c13-12(14,15)7-1-2-9(8(3-7)10(16)18)17-4-6(5-17)11(19)20/h1-3,6H,4-5H2,(H2,16,18)(H,19,20). The maximum Gasteiger partial charge on any atom is 0.416 e. The zero-order chi connectivity index (χ0) is 15.1. The molecule has 0 aromatic heterocycles. The van der Waals surface area contributed by atoms with Gasteiger partial charge in [-0.15, -0.1) is 0 Å². The fourth-order valence-corrected chi connectivity index (χ4v) is 2.02. The third kappa shape index (κ3) is 2.54. The highest BCUT2D eigenvalue weighted by Crippen LogP contribution is 2.34. The highest BCUT2D eigenvalue weighted by atomic mass is 19.4. The van der Waals surface area contributed by atoms with E-state index in [-0.39, 0.29) is 24.3 Å². The molecule has 1 amide bonds. The fraction of sp³-hybridized carbons (Fsp3) is 0.333. The molecule has 108 valence electrons. The molecule has 2 rings (SSSR count). The minimum atomic E-state index is -4.57. The summed E-state index contributed by atoms with van der Waals surface area (Å²) in [5, 5.41) is 8.76. The minimum Gasteiger partial charge on any atom is -0.481 e. The topological polar surface area (TPSA) is 83.6 Å². The van der Waals surface area contributed by atoms with Crippen LogP contribution in [0.3, 0.4) is 0 Å². The van der Waals surface area contributed by atoms with Gasteiger partial charge in [0.1, 0.15) is 0 Å². The van der Waals surface area contributed by atoms with E-state index in [2.05, 4.69) is 0 Å². The molecule has 0 aliphatic carbocycles. The molecule has 0 atom stereocenters. The van der Waals surface area contributed by atoms with E-state index in [1.807, 2.05) is 0 Å². The predicted molar refractivity (Wildman–Crippen MR) is 63.3 cm³/mol. The largest absolute Gasteiger partial charge is 0.481 e. The number of hydrogen-bond donors (Lipinski definition) is 2. The molecule has 0 spiro atoms. The van der Waals surface area contributed by atoms with Gasteiger partial charge in [0.05, 0.1) is 17.0 Å². The van der Waals surface area contributed by atoms with Crippen molar-refractivity contribution >= 4 is 17.6 Å². The van der Waals surface area contributed by atoms with Gasteiger partial charge in [0.2, 0.25) is 0 Å². The number of hydrogen-bond acceptors (Lipinski definition) is 3. The first-order valence-corrected chi connectivity index (χ1v) is 5.69. The van der Waals surface area contributed by atoms with Crippen LogP contribution in [0.4, 0.5) is 18.9 Å². The van der Waals surface area contributed by atoms with Crippen LogP contribution in [0.25, 0.3) is 0 Å². The van der Waals surface area contributed by atoms with Crippen molar-refractivity contribution in [1.82, 2.24) is 0 Å². The van der Waals surface area contributed by atoms with Crippen LogP contribution >= 0.6 is 0 Å². The van der Waals surface area contributed by atoms with Gasteiger partial charge in [0, 0.05) is 18.8 Å². The van der Waals surface area contributed by atoms with Gasteiger partial charge >= 0.3 is 12.1 Å². The third-order valence-electron chi connectivity index (χ3n) is 3.16. The lowest BCUT2D eigenvalue weighted by molar-refractivity contribution is -0.142. The summed E-state index contributed by atoms with van der Waals surface area (Å²) >= 11 is 0. The third-order valence-corrected chi connectivity index (χ3v) is 3.16. The summed E-state index contributed by atoms with van der Waals surface area (Å²) in [6, 6.07) is 2.67. The minimum absolute atomic E-state index is 0.140. The molecule has 1 aromatic rings. The second-order valence-electron chi connectivity index (χ2n) is 4.53. The number of nitrogens with two attached hydrogens (primary N) is 1. The van der Waals surface area contributed by atoms with E-state index in [1.54, 1.807) is 0 Å². The Labute approximate surface area is 111 Å². The summed E-state index contributed by atoms with van der Waals surface area (Å²) in [4.78, 5) is 23.5. The Balaban J connectivity index is 2.31. The van der Waals surface area contributed by atoms with Gasteiger partial charge in [-0.25, -0.2) is 0 Å². The number of anilines is 1. The quantitative estimate of drug-likeness (QED) is 0.878. The second-order valence-corrected chi connectivity index (χ2v) is 4.53. The smallest absolute Gasteiger partial charge is 0.416 e. The zero-order valence-corrected chi connectivity index (χ0v) is 10.1. The highest BCUT2D eigenvalue weighted by molar-refractivity contribution is 5.99. The normalized spacial score (nSPS) is 15.8. The van der Waals surface area contributed by atoms with Crippen molar-refractivity contribution in [3.05, 3.63) is 29.3 Å². The van der Waals surface area contributed by atoms with Gasteiger partial charge in [-0.3, -0.25) is 9.59 Å². The van der Waals surface area contributed by atoms with E-state index in [0.29, 0.717) is 6.07 Å². The molecule has 8 heteroatoms. The first-order valence-electron chi connectivity index (χ1n) is 5.69. The first kappa shape index (κ1) is 14.2. The Kier molecular flexibility index (Phi) is 3.33. The Morgan fingerprint density at radius 3 is 2.35 bits per heavy atom. The maximum absolute atomic E-state index is 12.6. The van der Waals surface area contributed by atoms with Crippen LogP contribution in [0.1, 0.15) is 15.9 Å². The summed E-state index contributed by atoms with van der Waals surface area (Å²) in [7, 11) is 0. The average molecular weight is 288 g/mol. The fourth-order valence-electron chi connectivity index (χ4n) is 2.02. The van der Waals surface area contributed by atoms with Crippen LogP contribution < -0.4 is 10.6 Å². The summed E-state index contributed by atoms with van der Waals surface area (Å²) in [6.45, 7) is 0.280. The van der Waals surface area contributed by atoms with Crippen LogP contribution in [-0.2, 0) is 11.0 Å². The number of halogens is 3. The Bertz CT molecular complexity index is 566. The molecule has 0 bridgehead atoms. The van der Waals surface area contributed by atoms with Crippen molar-refractivity contribution < 1.29 is 27.9 Å². The zero-order valence-electron chi connectivity index (χ0n) is 10.1. The van der Waals surface area contributed by atoms with E-state index in [9.17, 15) is 22.8 Å². The lowest BCUT2D eigenvalue weighted by atomic mass is 9.97. The van der Waals surface area contributed by atoms with Crippen molar-refractivity contribution in [1.29, 1.82) is 0 Å². The van der Waals surface area contributed by atoms with Gasteiger partial charge in [0.25, 0.3) is 5.91 Å². The average Bonchev–Trinajstić information content (AvgIpc) is 2.24. The van der Waals surface area contributed by atoms with Crippen molar-refractivity contribution in [2.24, 2.45) is 11.7 Å². The Morgan fingerprint density at radius 2 is 1.90 bits per heavy atom. The number of carboxylic acid groups (broad SMARTS) is 1. The Hall–Kier alpha value is -2.25. The van der Waals surface area contributed by atoms with Crippen LogP contribution in [0.15, 0.2) is 18.2 Å². The molecule has 1 saturated heterocycles. The van der Waals surface area contributed by atoms with E-state index >= 15 is 0 Å². The summed E-state index contributed by atoms with van der Waals surface area (Å²) < 4.78 is 37.8. The van der Waals surface area contributed by atoms with Crippen LogP contribution in [0.2, 0.25) is 0 Å². The molecule has 20 heavy (non-hydrogen) atoms. The second kappa shape index (κ2) is 4.69. The molecule has 1 fully saturated rings. The maximum atomic E-state index is 12.6. The molecular formula is C12H11F3N2O3. The Morgan fingerprint density at radius 1 is 1.30 bits per heavy atom. The van der Waals surface area contributed by atoms with Gasteiger partial charge in [-0.05, 0) is 18.2 Å². The molecule has 5 nitrogen and oxygen atoms in total. The molecule has 1 aliphatic rings.